The number of pyridine rings is 1. The molecule has 0 radical (unpaired) electrons. The van der Waals surface area contributed by atoms with Crippen molar-refractivity contribution in [3.63, 3.8) is 0 Å². The molecule has 0 spiro atoms. The van der Waals surface area contributed by atoms with Gasteiger partial charge in [-0.05, 0) is 31.4 Å². The first-order chi connectivity index (χ1) is 11.8. The Hall–Kier alpha value is -1.13. The molecule has 1 aromatic heterocycles. The van der Waals surface area contributed by atoms with Gasteiger partial charge in [-0.2, -0.15) is 0 Å². The summed E-state index contributed by atoms with van der Waals surface area (Å²) in [5.74, 6) is 1.47. The van der Waals surface area contributed by atoms with Gasteiger partial charge in [0.15, 0.2) is 5.96 Å². The number of ether oxygens (including phenoxy) is 1. The Balaban J connectivity index is 0.00000312. The number of unbranched alkanes of at least 4 members (excludes halogenated alkanes) is 1. The van der Waals surface area contributed by atoms with Gasteiger partial charge in [0.25, 0.3) is 0 Å². The lowest BCUT2D eigenvalue weighted by molar-refractivity contribution is 0.0377. The predicted molar refractivity (Wildman–Crippen MR) is 114 cm³/mol. The highest BCUT2D eigenvalue weighted by atomic mass is 127. The SMILES string of the molecule is I.NC(=NCCCN1CCOCC1)NCCCCNc1ccccn1. The number of guanidine groups is 1. The fraction of sp³-hybridized carbons (Fsp3) is 0.647. The summed E-state index contributed by atoms with van der Waals surface area (Å²) in [7, 11) is 0. The Bertz CT molecular complexity index is 467. The molecule has 0 aromatic carbocycles. The summed E-state index contributed by atoms with van der Waals surface area (Å²) in [6.45, 7) is 7.37. The number of anilines is 1. The van der Waals surface area contributed by atoms with Crippen LogP contribution >= 0.6 is 24.0 Å². The van der Waals surface area contributed by atoms with Crippen LogP contribution in [0.3, 0.4) is 0 Å². The number of aromatic nitrogens is 1. The minimum absolute atomic E-state index is 0. The molecule has 0 amide bonds. The molecule has 1 saturated heterocycles. The quantitative estimate of drug-likeness (QED) is 0.212. The Kier molecular flexibility index (Phi) is 12.3. The molecule has 0 unspecified atom stereocenters. The normalized spacial score (nSPS) is 15.4. The van der Waals surface area contributed by atoms with Gasteiger partial charge in [0.1, 0.15) is 5.82 Å². The number of nitrogens with zero attached hydrogens (tertiary/aromatic N) is 3. The molecule has 8 heteroatoms. The van der Waals surface area contributed by atoms with Gasteiger partial charge >= 0.3 is 0 Å². The van der Waals surface area contributed by atoms with Gasteiger partial charge in [-0.15, -0.1) is 24.0 Å². The van der Waals surface area contributed by atoms with Gasteiger partial charge in [0, 0.05) is 45.5 Å². The maximum absolute atomic E-state index is 5.88. The number of hydrogen-bond acceptors (Lipinski definition) is 5. The van der Waals surface area contributed by atoms with Gasteiger partial charge in [-0.3, -0.25) is 9.89 Å². The van der Waals surface area contributed by atoms with E-state index in [1.54, 1.807) is 6.20 Å². The molecule has 4 N–H and O–H groups in total. The lowest BCUT2D eigenvalue weighted by Crippen LogP contribution is -2.37. The average Bonchev–Trinajstić information content (AvgIpc) is 2.63. The topological polar surface area (TPSA) is 87.8 Å². The molecule has 2 rings (SSSR count). The summed E-state index contributed by atoms with van der Waals surface area (Å²) in [4.78, 5) is 11.0. The molecule has 1 aromatic rings. The van der Waals surface area contributed by atoms with Gasteiger partial charge in [0.2, 0.25) is 0 Å². The maximum Gasteiger partial charge on any atom is 0.188 e. The van der Waals surface area contributed by atoms with E-state index in [1.807, 2.05) is 18.2 Å². The van der Waals surface area contributed by atoms with Crippen molar-refractivity contribution in [2.24, 2.45) is 10.7 Å². The molecular weight excluding hydrogens is 431 g/mol. The van der Waals surface area contributed by atoms with Crippen LogP contribution < -0.4 is 16.4 Å². The molecule has 1 aliphatic heterocycles. The van der Waals surface area contributed by atoms with Crippen LogP contribution in [0, 0.1) is 0 Å². The molecule has 25 heavy (non-hydrogen) atoms. The van der Waals surface area contributed by atoms with Crippen LogP contribution in [0.2, 0.25) is 0 Å². The molecule has 0 saturated carbocycles. The van der Waals surface area contributed by atoms with E-state index in [0.29, 0.717) is 5.96 Å². The summed E-state index contributed by atoms with van der Waals surface area (Å²) in [5.41, 5.74) is 5.88. The fourth-order valence-corrected chi connectivity index (χ4v) is 2.52. The third kappa shape index (κ3) is 10.5. The Morgan fingerprint density at radius 1 is 1.20 bits per heavy atom. The molecule has 7 nitrogen and oxygen atoms in total. The largest absolute Gasteiger partial charge is 0.379 e. The van der Waals surface area contributed by atoms with E-state index >= 15 is 0 Å². The summed E-state index contributed by atoms with van der Waals surface area (Å²) in [6.07, 6.45) is 4.94. The Labute approximate surface area is 167 Å². The number of nitrogens with two attached hydrogens (primary N) is 1. The van der Waals surface area contributed by atoms with E-state index in [-0.39, 0.29) is 24.0 Å². The summed E-state index contributed by atoms with van der Waals surface area (Å²) in [6, 6.07) is 5.87. The lowest BCUT2D eigenvalue weighted by atomic mass is 10.3. The molecule has 1 aliphatic rings. The molecule has 1 fully saturated rings. The van der Waals surface area contributed by atoms with Crippen LogP contribution in [0.25, 0.3) is 0 Å². The zero-order valence-corrected chi connectivity index (χ0v) is 17.2. The predicted octanol–water partition coefficient (Wildman–Crippen LogP) is 1.52. The van der Waals surface area contributed by atoms with E-state index in [9.17, 15) is 0 Å². The number of hydrogen-bond donors (Lipinski definition) is 3. The number of nitrogens with one attached hydrogen (secondary N) is 2. The first kappa shape index (κ1) is 21.9. The maximum atomic E-state index is 5.88. The number of morpholine rings is 1. The Morgan fingerprint density at radius 3 is 2.76 bits per heavy atom. The van der Waals surface area contributed by atoms with Gasteiger partial charge < -0.3 is 21.1 Å². The van der Waals surface area contributed by atoms with Crippen molar-refractivity contribution in [2.75, 3.05) is 57.8 Å². The van der Waals surface area contributed by atoms with Gasteiger partial charge in [-0.1, -0.05) is 6.07 Å². The van der Waals surface area contributed by atoms with Crippen LogP contribution in [-0.2, 0) is 4.74 Å². The standard InChI is InChI=1S/C17H30N6O.HI/c18-17(22-10-5-11-23-12-14-24-15-13-23)21-9-4-3-8-20-16-6-1-2-7-19-16;/h1-2,6-7H,3-5,8-15H2,(H,19,20)(H3,18,21,22);1H. The van der Waals surface area contributed by atoms with Crippen molar-refractivity contribution >= 4 is 35.8 Å². The number of aliphatic imine (C=N–C) groups is 1. The molecule has 2 heterocycles. The summed E-state index contributed by atoms with van der Waals surface area (Å²) < 4.78 is 5.33. The lowest BCUT2D eigenvalue weighted by Gasteiger charge is -2.26. The minimum Gasteiger partial charge on any atom is -0.379 e. The van der Waals surface area contributed by atoms with E-state index in [4.69, 9.17) is 10.5 Å². The zero-order valence-electron chi connectivity index (χ0n) is 14.8. The van der Waals surface area contributed by atoms with E-state index in [2.05, 4.69) is 25.5 Å². The second kappa shape index (κ2) is 14.1. The van der Waals surface area contributed by atoms with E-state index in [1.165, 1.54) is 0 Å². The Morgan fingerprint density at radius 2 is 2.00 bits per heavy atom. The van der Waals surface area contributed by atoms with E-state index < -0.39 is 0 Å². The van der Waals surface area contributed by atoms with Crippen LogP contribution in [0.4, 0.5) is 5.82 Å². The first-order valence-corrected chi connectivity index (χ1v) is 8.83. The van der Waals surface area contributed by atoms with Crippen molar-refractivity contribution in [2.45, 2.75) is 19.3 Å². The molecular formula is C17H31IN6O. The zero-order chi connectivity index (χ0) is 16.9. The van der Waals surface area contributed by atoms with Crippen molar-refractivity contribution < 1.29 is 4.74 Å². The molecule has 0 aliphatic carbocycles. The minimum atomic E-state index is 0. The highest BCUT2D eigenvalue weighted by molar-refractivity contribution is 14.0. The number of halogens is 1. The van der Waals surface area contributed by atoms with Crippen LogP contribution in [0.15, 0.2) is 29.4 Å². The molecule has 0 bridgehead atoms. The third-order valence-corrected chi connectivity index (χ3v) is 3.90. The average molecular weight is 462 g/mol. The van der Waals surface area contributed by atoms with Crippen molar-refractivity contribution in [1.29, 1.82) is 0 Å². The highest BCUT2D eigenvalue weighted by Crippen LogP contribution is 2.00. The van der Waals surface area contributed by atoms with E-state index in [0.717, 1.165) is 77.6 Å². The fourth-order valence-electron chi connectivity index (χ4n) is 2.52. The van der Waals surface area contributed by atoms with Crippen LogP contribution in [0.1, 0.15) is 19.3 Å². The number of rotatable bonds is 10. The summed E-state index contributed by atoms with van der Waals surface area (Å²) >= 11 is 0. The summed E-state index contributed by atoms with van der Waals surface area (Å²) in [5, 5.41) is 6.46. The molecule has 0 atom stereocenters. The monoisotopic (exact) mass is 462 g/mol. The smallest absolute Gasteiger partial charge is 0.188 e. The van der Waals surface area contributed by atoms with Gasteiger partial charge in [-0.25, -0.2) is 4.98 Å². The third-order valence-electron chi connectivity index (χ3n) is 3.90. The van der Waals surface area contributed by atoms with Crippen molar-refractivity contribution in [1.82, 2.24) is 15.2 Å². The highest BCUT2D eigenvalue weighted by Gasteiger charge is 2.08. The van der Waals surface area contributed by atoms with Crippen molar-refractivity contribution in [3.8, 4) is 0 Å². The second-order valence-corrected chi connectivity index (χ2v) is 5.85. The second-order valence-electron chi connectivity index (χ2n) is 5.85. The molecule has 142 valence electrons. The van der Waals surface area contributed by atoms with Gasteiger partial charge in [0.05, 0.1) is 13.2 Å². The first-order valence-electron chi connectivity index (χ1n) is 8.83. The van der Waals surface area contributed by atoms with Crippen LogP contribution in [-0.4, -0.2) is 68.3 Å². The van der Waals surface area contributed by atoms with Crippen LogP contribution in [0.5, 0.6) is 0 Å². The van der Waals surface area contributed by atoms with Crippen molar-refractivity contribution in [3.05, 3.63) is 24.4 Å².